The average Bonchev–Trinajstić information content (AvgIpc) is 2.44. The standard InChI is InChI=1S/C18H31N3O/c1-7-10-14-12-19-17(20-13-14)21(15(8-2)9-3)16(22)11-18(4,5)6/h12-13,15H,7-11H2,1-6H3. The van der Waals surface area contributed by atoms with E-state index in [0.29, 0.717) is 12.4 Å². The van der Waals surface area contributed by atoms with Crippen LogP contribution in [0.5, 0.6) is 0 Å². The van der Waals surface area contributed by atoms with Crippen molar-refractivity contribution in [2.75, 3.05) is 4.90 Å². The second-order valence-corrected chi connectivity index (χ2v) is 7.11. The highest BCUT2D eigenvalue weighted by Gasteiger charge is 2.28. The van der Waals surface area contributed by atoms with Crippen LogP contribution >= 0.6 is 0 Å². The van der Waals surface area contributed by atoms with Crippen LogP contribution in [0.3, 0.4) is 0 Å². The molecular formula is C18H31N3O. The number of aryl methyl sites for hydroxylation is 1. The highest BCUT2D eigenvalue weighted by atomic mass is 16.2. The third kappa shape index (κ3) is 5.39. The quantitative estimate of drug-likeness (QED) is 0.750. The van der Waals surface area contributed by atoms with Crippen LogP contribution in [0.25, 0.3) is 0 Å². The van der Waals surface area contributed by atoms with Gasteiger partial charge in [0.05, 0.1) is 0 Å². The Morgan fingerprint density at radius 1 is 1.14 bits per heavy atom. The smallest absolute Gasteiger partial charge is 0.232 e. The van der Waals surface area contributed by atoms with Crippen molar-refractivity contribution in [1.82, 2.24) is 9.97 Å². The highest BCUT2D eigenvalue weighted by molar-refractivity contribution is 5.92. The van der Waals surface area contributed by atoms with Crippen LogP contribution in [0, 0.1) is 5.41 Å². The van der Waals surface area contributed by atoms with Crippen molar-refractivity contribution in [3.8, 4) is 0 Å². The van der Waals surface area contributed by atoms with E-state index in [0.717, 1.165) is 31.2 Å². The van der Waals surface area contributed by atoms with Gasteiger partial charge >= 0.3 is 0 Å². The Balaban J connectivity index is 3.06. The number of nitrogens with zero attached hydrogens (tertiary/aromatic N) is 3. The average molecular weight is 305 g/mol. The topological polar surface area (TPSA) is 46.1 Å². The predicted octanol–water partition coefficient (Wildman–Crippen LogP) is 4.39. The fourth-order valence-electron chi connectivity index (χ4n) is 2.56. The van der Waals surface area contributed by atoms with E-state index in [1.807, 2.05) is 12.4 Å². The molecule has 0 fully saturated rings. The molecule has 4 heteroatoms. The molecule has 0 aliphatic heterocycles. The summed E-state index contributed by atoms with van der Waals surface area (Å²) in [6.45, 7) is 12.6. The van der Waals surface area contributed by atoms with Gasteiger partial charge in [0.25, 0.3) is 0 Å². The maximum atomic E-state index is 12.8. The largest absolute Gasteiger partial charge is 0.278 e. The molecule has 0 unspecified atom stereocenters. The van der Waals surface area contributed by atoms with Gasteiger partial charge in [-0.2, -0.15) is 0 Å². The van der Waals surface area contributed by atoms with E-state index >= 15 is 0 Å². The van der Waals surface area contributed by atoms with Gasteiger partial charge in [0, 0.05) is 24.9 Å². The lowest BCUT2D eigenvalue weighted by molar-refractivity contribution is -0.120. The van der Waals surface area contributed by atoms with Gasteiger partial charge in [0.15, 0.2) is 0 Å². The summed E-state index contributed by atoms with van der Waals surface area (Å²) in [5, 5.41) is 0. The minimum Gasteiger partial charge on any atom is -0.278 e. The zero-order chi connectivity index (χ0) is 16.8. The number of hydrogen-bond donors (Lipinski definition) is 0. The molecule has 1 aromatic rings. The van der Waals surface area contributed by atoms with Crippen molar-refractivity contribution in [3.63, 3.8) is 0 Å². The van der Waals surface area contributed by atoms with Crippen molar-refractivity contribution >= 4 is 11.9 Å². The van der Waals surface area contributed by atoms with Gasteiger partial charge in [-0.3, -0.25) is 9.69 Å². The lowest BCUT2D eigenvalue weighted by Crippen LogP contribution is -2.42. The highest BCUT2D eigenvalue weighted by Crippen LogP contribution is 2.24. The molecule has 0 N–H and O–H groups in total. The molecule has 0 radical (unpaired) electrons. The van der Waals surface area contributed by atoms with Crippen molar-refractivity contribution in [1.29, 1.82) is 0 Å². The molecule has 1 aromatic heterocycles. The Labute approximate surface area is 135 Å². The van der Waals surface area contributed by atoms with Gasteiger partial charge in [-0.1, -0.05) is 48.0 Å². The van der Waals surface area contributed by atoms with Gasteiger partial charge in [0.2, 0.25) is 11.9 Å². The third-order valence-corrected chi connectivity index (χ3v) is 3.70. The molecule has 0 spiro atoms. The van der Waals surface area contributed by atoms with Gasteiger partial charge in [0.1, 0.15) is 0 Å². The number of rotatable bonds is 7. The summed E-state index contributed by atoms with van der Waals surface area (Å²) in [6.07, 6.45) is 8.07. The summed E-state index contributed by atoms with van der Waals surface area (Å²) in [6, 6.07) is 0.159. The number of anilines is 1. The Kier molecular flexibility index (Phi) is 6.98. The first-order valence-electron chi connectivity index (χ1n) is 8.45. The molecule has 4 nitrogen and oxygen atoms in total. The Bertz CT molecular complexity index is 458. The normalized spacial score (nSPS) is 11.8. The molecule has 0 aliphatic carbocycles. The van der Waals surface area contributed by atoms with Crippen molar-refractivity contribution < 1.29 is 4.79 Å². The van der Waals surface area contributed by atoms with Crippen LogP contribution in [0.4, 0.5) is 5.95 Å². The van der Waals surface area contributed by atoms with Gasteiger partial charge < -0.3 is 0 Å². The first kappa shape index (κ1) is 18.6. The number of amides is 1. The van der Waals surface area contributed by atoms with E-state index in [4.69, 9.17) is 0 Å². The van der Waals surface area contributed by atoms with Crippen LogP contribution in [0.15, 0.2) is 12.4 Å². The fraction of sp³-hybridized carbons (Fsp3) is 0.722. The van der Waals surface area contributed by atoms with E-state index in [-0.39, 0.29) is 17.4 Å². The van der Waals surface area contributed by atoms with Crippen LogP contribution < -0.4 is 4.90 Å². The molecule has 1 rings (SSSR count). The fourth-order valence-corrected chi connectivity index (χ4v) is 2.56. The first-order chi connectivity index (χ1) is 10.3. The van der Waals surface area contributed by atoms with E-state index in [1.54, 1.807) is 4.90 Å². The van der Waals surface area contributed by atoms with E-state index in [9.17, 15) is 4.79 Å². The van der Waals surface area contributed by atoms with E-state index < -0.39 is 0 Å². The minimum atomic E-state index is -0.0382. The molecule has 124 valence electrons. The Morgan fingerprint density at radius 2 is 1.68 bits per heavy atom. The molecule has 0 saturated carbocycles. The van der Waals surface area contributed by atoms with Crippen molar-refractivity contribution in [2.45, 2.75) is 79.7 Å². The molecule has 0 saturated heterocycles. The molecule has 22 heavy (non-hydrogen) atoms. The monoisotopic (exact) mass is 305 g/mol. The molecule has 0 aliphatic rings. The third-order valence-electron chi connectivity index (χ3n) is 3.70. The van der Waals surface area contributed by atoms with Gasteiger partial charge in [-0.05, 0) is 30.2 Å². The summed E-state index contributed by atoms with van der Waals surface area (Å²) >= 11 is 0. The lowest BCUT2D eigenvalue weighted by atomic mass is 9.91. The van der Waals surface area contributed by atoms with E-state index in [2.05, 4.69) is 51.5 Å². The first-order valence-corrected chi connectivity index (χ1v) is 8.45. The molecule has 0 aromatic carbocycles. The summed E-state index contributed by atoms with van der Waals surface area (Å²) in [7, 11) is 0. The number of carbonyl (C=O) groups is 1. The second kappa shape index (κ2) is 8.25. The number of aromatic nitrogens is 2. The van der Waals surface area contributed by atoms with E-state index in [1.165, 1.54) is 0 Å². The molecule has 1 heterocycles. The summed E-state index contributed by atoms with van der Waals surface area (Å²) < 4.78 is 0. The molecule has 0 bridgehead atoms. The zero-order valence-corrected chi connectivity index (χ0v) is 15.0. The molecule has 0 atom stereocenters. The van der Waals surface area contributed by atoms with Crippen LogP contribution in [-0.2, 0) is 11.2 Å². The van der Waals surface area contributed by atoms with Gasteiger partial charge in [-0.25, -0.2) is 9.97 Å². The van der Waals surface area contributed by atoms with Crippen LogP contribution in [0.2, 0.25) is 0 Å². The summed E-state index contributed by atoms with van der Waals surface area (Å²) in [4.78, 5) is 23.5. The lowest BCUT2D eigenvalue weighted by Gasteiger charge is -2.31. The van der Waals surface area contributed by atoms with Crippen LogP contribution in [0.1, 0.15) is 72.8 Å². The Hall–Kier alpha value is -1.45. The predicted molar refractivity (Wildman–Crippen MR) is 92.0 cm³/mol. The maximum absolute atomic E-state index is 12.8. The minimum absolute atomic E-state index is 0.0382. The Morgan fingerprint density at radius 3 is 2.09 bits per heavy atom. The van der Waals surface area contributed by atoms with Crippen molar-refractivity contribution in [2.24, 2.45) is 5.41 Å². The van der Waals surface area contributed by atoms with Crippen molar-refractivity contribution in [3.05, 3.63) is 18.0 Å². The zero-order valence-electron chi connectivity index (χ0n) is 15.0. The second-order valence-electron chi connectivity index (χ2n) is 7.11. The van der Waals surface area contributed by atoms with Crippen LogP contribution in [-0.4, -0.2) is 21.9 Å². The van der Waals surface area contributed by atoms with Gasteiger partial charge in [-0.15, -0.1) is 0 Å². The molecule has 1 amide bonds. The SMILES string of the molecule is CCCc1cnc(N(C(=O)CC(C)(C)C)C(CC)CC)nc1. The molecular weight excluding hydrogens is 274 g/mol. The summed E-state index contributed by atoms with van der Waals surface area (Å²) in [5.74, 6) is 0.659. The number of hydrogen-bond acceptors (Lipinski definition) is 3. The summed E-state index contributed by atoms with van der Waals surface area (Å²) in [5.41, 5.74) is 1.09. The maximum Gasteiger partial charge on any atom is 0.232 e. The number of carbonyl (C=O) groups excluding carboxylic acids is 1.